The van der Waals surface area contributed by atoms with E-state index in [-0.39, 0.29) is 5.91 Å². The van der Waals surface area contributed by atoms with Crippen LogP contribution in [0.15, 0.2) is 5.51 Å². The van der Waals surface area contributed by atoms with Crippen molar-refractivity contribution in [3.8, 4) is 0 Å². The molecule has 0 radical (unpaired) electrons. The van der Waals surface area contributed by atoms with Crippen LogP contribution in [-0.4, -0.2) is 53.4 Å². The van der Waals surface area contributed by atoms with E-state index in [1.807, 2.05) is 11.8 Å². The average molecular weight is 239 g/mol. The quantitative estimate of drug-likeness (QED) is 0.779. The van der Waals surface area contributed by atoms with Crippen LogP contribution in [0, 0.1) is 6.92 Å². The standard InChI is InChI=1S/C11H17N3OS/c1-3-13-4-6-14(7-5-13)11(15)10-9(2)16-8-12-10/h8H,3-7H2,1-2H3. The summed E-state index contributed by atoms with van der Waals surface area (Å²) >= 11 is 1.53. The van der Waals surface area contributed by atoms with Crippen LogP contribution in [0.5, 0.6) is 0 Å². The summed E-state index contributed by atoms with van der Waals surface area (Å²) in [7, 11) is 0. The second kappa shape index (κ2) is 4.93. The monoisotopic (exact) mass is 239 g/mol. The van der Waals surface area contributed by atoms with Crippen LogP contribution in [-0.2, 0) is 0 Å². The van der Waals surface area contributed by atoms with Gasteiger partial charge in [0.1, 0.15) is 5.69 Å². The summed E-state index contributed by atoms with van der Waals surface area (Å²) in [5.74, 6) is 0.0921. The zero-order chi connectivity index (χ0) is 11.5. The fraction of sp³-hybridized carbons (Fsp3) is 0.636. The predicted octanol–water partition coefficient (Wildman–Crippen LogP) is 1.23. The van der Waals surface area contributed by atoms with Crippen LogP contribution in [0.2, 0.25) is 0 Å². The minimum atomic E-state index is 0.0921. The van der Waals surface area contributed by atoms with Crippen LogP contribution in [0.1, 0.15) is 22.3 Å². The van der Waals surface area contributed by atoms with Gasteiger partial charge in [-0.2, -0.15) is 0 Å². The number of carbonyl (C=O) groups is 1. The lowest BCUT2D eigenvalue weighted by Gasteiger charge is -2.33. The Balaban J connectivity index is 2.00. The highest BCUT2D eigenvalue weighted by Gasteiger charge is 2.23. The molecule has 5 heteroatoms. The third-order valence-electron chi connectivity index (χ3n) is 3.05. The maximum Gasteiger partial charge on any atom is 0.273 e. The van der Waals surface area contributed by atoms with Crippen LogP contribution in [0.25, 0.3) is 0 Å². The number of piperazine rings is 1. The molecule has 1 saturated heterocycles. The van der Waals surface area contributed by atoms with Crippen molar-refractivity contribution in [3.63, 3.8) is 0 Å². The predicted molar refractivity (Wildman–Crippen MR) is 64.9 cm³/mol. The van der Waals surface area contributed by atoms with Crippen molar-refractivity contribution in [3.05, 3.63) is 16.1 Å². The summed E-state index contributed by atoms with van der Waals surface area (Å²) in [5, 5.41) is 0. The minimum Gasteiger partial charge on any atom is -0.335 e. The molecule has 1 aromatic heterocycles. The summed E-state index contributed by atoms with van der Waals surface area (Å²) in [4.78, 5) is 21.6. The molecule has 0 spiro atoms. The lowest BCUT2D eigenvalue weighted by molar-refractivity contribution is 0.0637. The van der Waals surface area contributed by atoms with E-state index < -0.39 is 0 Å². The molecule has 0 unspecified atom stereocenters. The van der Waals surface area contributed by atoms with Gasteiger partial charge in [-0.1, -0.05) is 6.92 Å². The van der Waals surface area contributed by atoms with E-state index in [0.717, 1.165) is 37.6 Å². The van der Waals surface area contributed by atoms with Crippen molar-refractivity contribution in [2.75, 3.05) is 32.7 Å². The number of thiazole rings is 1. The molecule has 16 heavy (non-hydrogen) atoms. The molecular formula is C11H17N3OS. The van der Waals surface area contributed by atoms with Gasteiger partial charge in [-0.15, -0.1) is 11.3 Å². The Labute approximate surface area is 99.9 Å². The second-order valence-electron chi connectivity index (χ2n) is 3.98. The molecule has 2 heterocycles. The third kappa shape index (κ3) is 2.25. The van der Waals surface area contributed by atoms with E-state index in [0.29, 0.717) is 5.69 Å². The molecule has 1 amide bonds. The number of hydrogen-bond acceptors (Lipinski definition) is 4. The summed E-state index contributed by atoms with van der Waals surface area (Å²) in [5.41, 5.74) is 2.38. The molecule has 0 aromatic carbocycles. The Kier molecular flexibility index (Phi) is 3.56. The first-order valence-corrected chi connectivity index (χ1v) is 6.52. The molecule has 1 aliphatic heterocycles. The van der Waals surface area contributed by atoms with Gasteiger partial charge in [-0.25, -0.2) is 4.98 Å². The number of amides is 1. The Morgan fingerprint density at radius 1 is 1.44 bits per heavy atom. The van der Waals surface area contributed by atoms with Gasteiger partial charge in [-0.3, -0.25) is 4.79 Å². The van der Waals surface area contributed by atoms with Gasteiger partial charge in [-0.05, 0) is 13.5 Å². The first kappa shape index (κ1) is 11.5. The topological polar surface area (TPSA) is 36.4 Å². The smallest absolute Gasteiger partial charge is 0.273 e. The molecule has 1 fully saturated rings. The van der Waals surface area contributed by atoms with Gasteiger partial charge >= 0.3 is 0 Å². The molecular weight excluding hydrogens is 222 g/mol. The van der Waals surface area contributed by atoms with Crippen LogP contribution < -0.4 is 0 Å². The number of carbonyl (C=O) groups excluding carboxylic acids is 1. The molecule has 1 aromatic rings. The number of rotatable bonds is 2. The fourth-order valence-electron chi connectivity index (χ4n) is 1.93. The molecule has 0 atom stereocenters. The lowest BCUT2D eigenvalue weighted by Crippen LogP contribution is -2.48. The highest BCUT2D eigenvalue weighted by atomic mass is 32.1. The minimum absolute atomic E-state index is 0.0921. The first-order valence-electron chi connectivity index (χ1n) is 5.64. The van der Waals surface area contributed by atoms with Gasteiger partial charge in [0.05, 0.1) is 5.51 Å². The Hall–Kier alpha value is -0.940. The maximum atomic E-state index is 12.1. The van der Waals surface area contributed by atoms with Crippen LogP contribution in [0.3, 0.4) is 0 Å². The van der Waals surface area contributed by atoms with Crippen LogP contribution >= 0.6 is 11.3 Å². The van der Waals surface area contributed by atoms with Gasteiger partial charge in [0.2, 0.25) is 0 Å². The lowest BCUT2D eigenvalue weighted by atomic mass is 10.2. The second-order valence-corrected chi connectivity index (χ2v) is 5.04. The van der Waals surface area contributed by atoms with Crippen molar-refractivity contribution < 1.29 is 4.79 Å². The Morgan fingerprint density at radius 2 is 2.12 bits per heavy atom. The van der Waals surface area contributed by atoms with E-state index in [1.54, 1.807) is 5.51 Å². The first-order chi connectivity index (χ1) is 7.72. The zero-order valence-electron chi connectivity index (χ0n) is 9.77. The number of aryl methyl sites for hydroxylation is 1. The molecule has 0 bridgehead atoms. The van der Waals surface area contributed by atoms with E-state index in [2.05, 4.69) is 16.8 Å². The highest BCUT2D eigenvalue weighted by molar-refractivity contribution is 7.09. The van der Waals surface area contributed by atoms with E-state index in [9.17, 15) is 4.79 Å². The zero-order valence-corrected chi connectivity index (χ0v) is 10.6. The summed E-state index contributed by atoms with van der Waals surface area (Å²) < 4.78 is 0. The van der Waals surface area contributed by atoms with Crippen molar-refractivity contribution in [1.29, 1.82) is 0 Å². The molecule has 0 aliphatic carbocycles. The SMILES string of the molecule is CCN1CCN(C(=O)c2ncsc2C)CC1. The van der Waals surface area contributed by atoms with E-state index in [4.69, 9.17) is 0 Å². The number of likely N-dealkylation sites (N-methyl/N-ethyl adjacent to an activating group) is 1. The molecule has 2 rings (SSSR count). The van der Waals surface area contributed by atoms with E-state index >= 15 is 0 Å². The molecule has 1 aliphatic rings. The number of nitrogens with zero attached hydrogens (tertiary/aromatic N) is 3. The third-order valence-corrected chi connectivity index (χ3v) is 3.81. The summed E-state index contributed by atoms with van der Waals surface area (Å²) in [6.07, 6.45) is 0. The highest BCUT2D eigenvalue weighted by Crippen LogP contribution is 2.14. The van der Waals surface area contributed by atoms with E-state index in [1.165, 1.54) is 11.3 Å². The Morgan fingerprint density at radius 3 is 2.62 bits per heavy atom. The largest absolute Gasteiger partial charge is 0.335 e. The van der Waals surface area contributed by atoms with Gasteiger partial charge < -0.3 is 9.80 Å². The van der Waals surface area contributed by atoms with Gasteiger partial charge in [0.25, 0.3) is 5.91 Å². The molecule has 4 nitrogen and oxygen atoms in total. The maximum absolute atomic E-state index is 12.1. The normalized spacial score (nSPS) is 17.8. The average Bonchev–Trinajstić information content (AvgIpc) is 2.75. The molecule has 0 saturated carbocycles. The number of hydrogen-bond donors (Lipinski definition) is 0. The summed E-state index contributed by atoms with van der Waals surface area (Å²) in [6.45, 7) is 8.77. The van der Waals surface area contributed by atoms with Crippen molar-refractivity contribution in [2.24, 2.45) is 0 Å². The molecule has 88 valence electrons. The Bertz CT molecular complexity index is 369. The molecule has 0 N–H and O–H groups in total. The fourth-order valence-corrected chi connectivity index (χ4v) is 2.50. The summed E-state index contributed by atoms with van der Waals surface area (Å²) in [6, 6.07) is 0. The van der Waals surface area contributed by atoms with Gasteiger partial charge in [0.15, 0.2) is 0 Å². The van der Waals surface area contributed by atoms with Gasteiger partial charge in [0, 0.05) is 31.1 Å². The van der Waals surface area contributed by atoms with Crippen LogP contribution in [0.4, 0.5) is 0 Å². The number of aromatic nitrogens is 1. The van der Waals surface area contributed by atoms with Crippen molar-refractivity contribution >= 4 is 17.2 Å². The van der Waals surface area contributed by atoms with Crippen molar-refractivity contribution in [2.45, 2.75) is 13.8 Å². The van der Waals surface area contributed by atoms with Crippen molar-refractivity contribution in [1.82, 2.24) is 14.8 Å².